The summed E-state index contributed by atoms with van der Waals surface area (Å²) in [5.74, 6) is -0.0602. The maximum absolute atomic E-state index is 11.6. The van der Waals surface area contributed by atoms with E-state index in [4.69, 9.17) is 0 Å². The average Bonchev–Trinajstić information content (AvgIpc) is 2.76. The lowest BCUT2D eigenvalue weighted by Crippen LogP contribution is -2.38. The highest BCUT2D eigenvalue weighted by Gasteiger charge is 2.11. The highest BCUT2D eigenvalue weighted by Crippen LogP contribution is 2.16. The van der Waals surface area contributed by atoms with Crippen LogP contribution < -0.4 is 10.6 Å². The molecule has 1 aliphatic carbocycles. The van der Waals surface area contributed by atoms with E-state index < -0.39 is 0 Å². The predicted octanol–water partition coefficient (Wildman–Crippen LogP) is 0.102. The van der Waals surface area contributed by atoms with E-state index in [1.807, 2.05) is 0 Å². The molecule has 1 heterocycles. The van der Waals surface area contributed by atoms with E-state index >= 15 is 0 Å². The minimum atomic E-state index is -0.0602. The Balaban J connectivity index is 1.54. The van der Waals surface area contributed by atoms with E-state index in [1.165, 1.54) is 49.5 Å². The van der Waals surface area contributed by atoms with Crippen LogP contribution in [0.2, 0.25) is 0 Å². The second-order valence-electron chi connectivity index (χ2n) is 5.00. The third kappa shape index (κ3) is 5.34. The van der Waals surface area contributed by atoms with Crippen LogP contribution in [-0.2, 0) is 11.3 Å². The van der Waals surface area contributed by atoms with Gasteiger partial charge >= 0.3 is 0 Å². The first-order chi connectivity index (χ1) is 9.34. The minimum absolute atomic E-state index is 0.0602. The molecule has 0 bridgehead atoms. The van der Waals surface area contributed by atoms with Gasteiger partial charge in [-0.2, -0.15) is 0 Å². The highest BCUT2D eigenvalue weighted by molar-refractivity contribution is 5.75. The molecule has 2 rings (SSSR count). The molecule has 1 aromatic rings. The lowest BCUT2D eigenvalue weighted by atomic mass is 10.1. The molecule has 7 heteroatoms. The Morgan fingerprint density at radius 2 is 2.00 bits per heavy atom. The summed E-state index contributed by atoms with van der Waals surface area (Å²) < 4.78 is 1.41. The number of amides is 1. The molecular formula is C12H22N6O. The van der Waals surface area contributed by atoms with Crippen LogP contribution in [0.1, 0.15) is 38.5 Å². The van der Waals surface area contributed by atoms with Gasteiger partial charge in [0, 0.05) is 19.1 Å². The van der Waals surface area contributed by atoms with Crippen molar-refractivity contribution in [3.63, 3.8) is 0 Å². The molecule has 0 spiro atoms. The summed E-state index contributed by atoms with van der Waals surface area (Å²) in [5.41, 5.74) is 0. The second kappa shape index (κ2) is 7.83. The van der Waals surface area contributed by atoms with Gasteiger partial charge in [0.15, 0.2) is 0 Å². The molecule has 106 valence electrons. The molecule has 1 saturated carbocycles. The molecule has 0 radical (unpaired) electrons. The third-order valence-corrected chi connectivity index (χ3v) is 3.43. The van der Waals surface area contributed by atoms with Crippen molar-refractivity contribution in [2.24, 2.45) is 0 Å². The molecule has 1 amide bonds. The largest absolute Gasteiger partial charge is 0.353 e. The zero-order valence-corrected chi connectivity index (χ0v) is 11.2. The molecule has 2 N–H and O–H groups in total. The number of hydrogen-bond acceptors (Lipinski definition) is 5. The van der Waals surface area contributed by atoms with E-state index in [9.17, 15) is 4.79 Å². The van der Waals surface area contributed by atoms with Crippen LogP contribution in [0, 0.1) is 0 Å². The molecule has 1 aliphatic rings. The minimum Gasteiger partial charge on any atom is -0.353 e. The van der Waals surface area contributed by atoms with Gasteiger partial charge < -0.3 is 10.6 Å². The van der Waals surface area contributed by atoms with Crippen LogP contribution in [0.15, 0.2) is 6.33 Å². The van der Waals surface area contributed by atoms with Crippen molar-refractivity contribution in [1.29, 1.82) is 0 Å². The fourth-order valence-electron chi connectivity index (χ4n) is 2.42. The molecule has 0 atom stereocenters. The Hall–Kier alpha value is -1.50. The quantitative estimate of drug-likeness (QED) is 0.563. The number of hydrogen-bond donors (Lipinski definition) is 2. The number of aromatic nitrogens is 4. The molecular weight excluding hydrogens is 244 g/mol. The van der Waals surface area contributed by atoms with Crippen LogP contribution in [0.3, 0.4) is 0 Å². The number of nitrogens with one attached hydrogen (secondary N) is 2. The van der Waals surface area contributed by atoms with E-state index in [-0.39, 0.29) is 12.5 Å². The third-order valence-electron chi connectivity index (χ3n) is 3.43. The molecule has 19 heavy (non-hydrogen) atoms. The fourth-order valence-corrected chi connectivity index (χ4v) is 2.42. The van der Waals surface area contributed by atoms with Gasteiger partial charge in [0.2, 0.25) is 5.91 Å². The van der Waals surface area contributed by atoms with Gasteiger partial charge in [-0.3, -0.25) is 4.79 Å². The summed E-state index contributed by atoms with van der Waals surface area (Å²) in [4.78, 5) is 11.6. The van der Waals surface area contributed by atoms with Gasteiger partial charge in [0.05, 0.1) is 0 Å². The topological polar surface area (TPSA) is 84.7 Å². The fraction of sp³-hybridized carbons (Fsp3) is 0.833. The van der Waals surface area contributed by atoms with Crippen LogP contribution in [0.5, 0.6) is 0 Å². The maximum atomic E-state index is 11.6. The normalized spacial score (nSPS) is 17.1. The van der Waals surface area contributed by atoms with Crippen molar-refractivity contribution in [1.82, 2.24) is 30.8 Å². The van der Waals surface area contributed by atoms with Crippen molar-refractivity contribution < 1.29 is 4.79 Å². The first-order valence-corrected chi connectivity index (χ1v) is 7.05. The summed E-state index contributed by atoms with van der Waals surface area (Å²) in [6.07, 6.45) is 9.33. The Kier molecular flexibility index (Phi) is 5.74. The van der Waals surface area contributed by atoms with E-state index in [1.54, 1.807) is 0 Å². The summed E-state index contributed by atoms with van der Waals surface area (Å²) in [5, 5.41) is 17.0. The molecule has 0 aliphatic heterocycles. The average molecular weight is 266 g/mol. The Morgan fingerprint density at radius 1 is 1.21 bits per heavy atom. The smallest absolute Gasteiger partial charge is 0.241 e. The zero-order chi connectivity index (χ0) is 13.3. The van der Waals surface area contributed by atoms with Crippen molar-refractivity contribution in [3.05, 3.63) is 6.33 Å². The molecule has 1 aromatic heterocycles. The lowest BCUT2D eigenvalue weighted by Gasteiger charge is -2.16. The summed E-state index contributed by atoms with van der Waals surface area (Å²) in [6, 6.07) is 0.624. The van der Waals surface area contributed by atoms with Gasteiger partial charge in [-0.05, 0) is 23.3 Å². The van der Waals surface area contributed by atoms with E-state index in [0.717, 1.165) is 6.54 Å². The van der Waals surface area contributed by atoms with E-state index in [0.29, 0.717) is 12.6 Å². The van der Waals surface area contributed by atoms with Gasteiger partial charge in [-0.1, -0.05) is 25.7 Å². The maximum Gasteiger partial charge on any atom is 0.241 e. The van der Waals surface area contributed by atoms with Gasteiger partial charge in [0.1, 0.15) is 12.9 Å². The van der Waals surface area contributed by atoms with Gasteiger partial charge in [-0.25, -0.2) is 4.68 Å². The van der Waals surface area contributed by atoms with Crippen molar-refractivity contribution in [3.8, 4) is 0 Å². The molecule has 7 nitrogen and oxygen atoms in total. The predicted molar refractivity (Wildman–Crippen MR) is 70.3 cm³/mol. The van der Waals surface area contributed by atoms with Crippen LogP contribution in [0.25, 0.3) is 0 Å². The summed E-state index contributed by atoms with van der Waals surface area (Å²) in [6.45, 7) is 1.65. The van der Waals surface area contributed by atoms with Gasteiger partial charge in [0.25, 0.3) is 0 Å². The Labute approximate surface area is 113 Å². The van der Waals surface area contributed by atoms with Crippen molar-refractivity contribution in [2.45, 2.75) is 51.1 Å². The Bertz CT molecular complexity index is 358. The number of rotatable bonds is 6. The number of carbonyl (C=O) groups excluding carboxylic acids is 1. The standard InChI is InChI=1S/C12H22N6O/c19-12(9-18-10-15-16-17-18)14-8-7-13-11-5-3-1-2-4-6-11/h10-11,13H,1-9H2,(H,14,19). The van der Waals surface area contributed by atoms with Crippen LogP contribution in [0.4, 0.5) is 0 Å². The van der Waals surface area contributed by atoms with Crippen LogP contribution >= 0.6 is 0 Å². The van der Waals surface area contributed by atoms with Crippen LogP contribution in [-0.4, -0.2) is 45.2 Å². The molecule has 0 aromatic carbocycles. The SMILES string of the molecule is O=C(Cn1cnnn1)NCCNC1CCCCCC1. The van der Waals surface area contributed by atoms with E-state index in [2.05, 4.69) is 26.2 Å². The zero-order valence-electron chi connectivity index (χ0n) is 11.2. The molecule has 1 fully saturated rings. The van der Waals surface area contributed by atoms with Crippen molar-refractivity contribution in [2.75, 3.05) is 13.1 Å². The monoisotopic (exact) mass is 266 g/mol. The molecule has 0 saturated heterocycles. The Morgan fingerprint density at radius 3 is 2.68 bits per heavy atom. The summed E-state index contributed by atoms with van der Waals surface area (Å²) >= 11 is 0. The first-order valence-electron chi connectivity index (χ1n) is 7.05. The van der Waals surface area contributed by atoms with Crippen molar-refractivity contribution >= 4 is 5.91 Å². The number of nitrogens with zero attached hydrogens (tertiary/aromatic N) is 4. The van der Waals surface area contributed by atoms with Gasteiger partial charge in [-0.15, -0.1) is 5.10 Å². The number of tetrazole rings is 1. The number of carbonyl (C=O) groups is 1. The second-order valence-corrected chi connectivity index (χ2v) is 5.00. The molecule has 0 unspecified atom stereocenters. The highest BCUT2D eigenvalue weighted by atomic mass is 16.2. The first kappa shape index (κ1) is 13.9. The summed E-state index contributed by atoms with van der Waals surface area (Å²) in [7, 11) is 0. The lowest BCUT2D eigenvalue weighted by molar-refractivity contribution is -0.121.